The Bertz CT molecular complexity index is 485. The lowest BCUT2D eigenvalue weighted by molar-refractivity contribution is -0.109. The molecule has 1 aromatic carbocycles. The monoisotopic (exact) mass is 281 g/mol. The Morgan fingerprint density at radius 2 is 2.11 bits per heavy atom. The Hall–Kier alpha value is -1.46. The molecule has 0 aliphatic rings. The number of nitrogens with zero attached hydrogens (tertiary/aromatic N) is 1. The highest BCUT2D eigenvalue weighted by Gasteiger charge is 2.20. The SMILES string of the molecule is CC(=O)SCCC(O)C(O)c1ccccc1N=C=O. The van der Waals surface area contributed by atoms with Crippen LogP contribution >= 0.6 is 11.8 Å². The first-order valence-corrected chi connectivity index (χ1v) is 6.71. The molecule has 2 N–H and O–H groups in total. The van der Waals surface area contributed by atoms with Gasteiger partial charge in [-0.05, 0) is 12.5 Å². The Balaban J connectivity index is 2.73. The second kappa shape index (κ2) is 7.86. The summed E-state index contributed by atoms with van der Waals surface area (Å²) in [6, 6.07) is 6.49. The highest BCUT2D eigenvalue weighted by atomic mass is 32.2. The van der Waals surface area contributed by atoms with Crippen molar-refractivity contribution in [1.29, 1.82) is 0 Å². The van der Waals surface area contributed by atoms with Crippen molar-refractivity contribution in [2.45, 2.75) is 25.6 Å². The summed E-state index contributed by atoms with van der Waals surface area (Å²) < 4.78 is 0. The molecule has 0 radical (unpaired) electrons. The van der Waals surface area contributed by atoms with E-state index >= 15 is 0 Å². The van der Waals surface area contributed by atoms with Crippen LogP contribution in [0.25, 0.3) is 0 Å². The van der Waals surface area contributed by atoms with Gasteiger partial charge in [0, 0.05) is 18.2 Å². The summed E-state index contributed by atoms with van der Waals surface area (Å²) in [6.07, 6.45) is -0.492. The molecule has 2 atom stereocenters. The minimum absolute atomic E-state index is 0.0346. The third-order valence-corrected chi connectivity index (χ3v) is 3.35. The predicted molar refractivity (Wildman–Crippen MR) is 72.9 cm³/mol. The fourth-order valence-electron chi connectivity index (χ4n) is 1.58. The van der Waals surface area contributed by atoms with Gasteiger partial charge in [-0.1, -0.05) is 30.0 Å². The molecule has 0 fully saturated rings. The van der Waals surface area contributed by atoms with Crippen LogP contribution in [0.1, 0.15) is 25.0 Å². The van der Waals surface area contributed by atoms with Gasteiger partial charge >= 0.3 is 0 Å². The van der Waals surface area contributed by atoms with Gasteiger partial charge in [0.15, 0.2) is 5.12 Å². The van der Waals surface area contributed by atoms with Gasteiger partial charge in [-0.15, -0.1) is 0 Å². The van der Waals surface area contributed by atoms with E-state index in [-0.39, 0.29) is 17.2 Å². The molecule has 6 heteroatoms. The van der Waals surface area contributed by atoms with Crippen molar-refractivity contribution < 1.29 is 19.8 Å². The van der Waals surface area contributed by atoms with Crippen LogP contribution in [-0.2, 0) is 9.59 Å². The second-order valence-electron chi connectivity index (χ2n) is 3.90. The number of aliphatic hydroxyl groups excluding tert-OH is 2. The van der Waals surface area contributed by atoms with Crippen molar-refractivity contribution in [3.63, 3.8) is 0 Å². The molecule has 2 unspecified atom stereocenters. The highest BCUT2D eigenvalue weighted by Crippen LogP contribution is 2.28. The average Bonchev–Trinajstić information content (AvgIpc) is 2.38. The number of benzene rings is 1. The third kappa shape index (κ3) is 4.96. The van der Waals surface area contributed by atoms with E-state index in [1.54, 1.807) is 24.3 Å². The summed E-state index contributed by atoms with van der Waals surface area (Å²) in [5, 5.41) is 19.9. The van der Waals surface area contributed by atoms with E-state index in [4.69, 9.17) is 0 Å². The molecule has 0 heterocycles. The largest absolute Gasteiger partial charge is 0.390 e. The first-order valence-electron chi connectivity index (χ1n) is 5.72. The quantitative estimate of drug-likeness (QED) is 0.612. The van der Waals surface area contributed by atoms with Crippen molar-refractivity contribution in [2.75, 3.05) is 5.75 Å². The number of para-hydroxylation sites is 1. The van der Waals surface area contributed by atoms with Crippen LogP contribution in [0.2, 0.25) is 0 Å². The van der Waals surface area contributed by atoms with Gasteiger partial charge in [0.2, 0.25) is 6.08 Å². The van der Waals surface area contributed by atoms with Crippen LogP contribution < -0.4 is 0 Å². The van der Waals surface area contributed by atoms with Crippen molar-refractivity contribution >= 4 is 28.6 Å². The Morgan fingerprint density at radius 1 is 1.42 bits per heavy atom. The number of carbonyl (C=O) groups excluding carboxylic acids is 2. The van der Waals surface area contributed by atoms with Gasteiger partial charge in [-0.25, -0.2) is 4.79 Å². The lowest BCUT2D eigenvalue weighted by Gasteiger charge is -2.18. The molecule has 0 aliphatic carbocycles. The van der Waals surface area contributed by atoms with Crippen molar-refractivity contribution in [3.05, 3.63) is 29.8 Å². The van der Waals surface area contributed by atoms with Crippen LogP contribution in [0.15, 0.2) is 29.3 Å². The summed E-state index contributed by atoms with van der Waals surface area (Å²) in [5.41, 5.74) is 0.648. The number of rotatable bonds is 6. The lowest BCUT2D eigenvalue weighted by atomic mass is 10.0. The molecule has 0 aromatic heterocycles. The zero-order chi connectivity index (χ0) is 14.3. The zero-order valence-corrected chi connectivity index (χ0v) is 11.3. The number of carbonyl (C=O) groups is 1. The van der Waals surface area contributed by atoms with Crippen LogP contribution in [0.3, 0.4) is 0 Å². The number of aliphatic imine (C=N–C) groups is 1. The summed E-state index contributed by atoms with van der Waals surface area (Å²) in [7, 11) is 0. The highest BCUT2D eigenvalue weighted by molar-refractivity contribution is 8.13. The molecule has 0 saturated heterocycles. The van der Waals surface area contributed by atoms with Gasteiger partial charge in [-0.3, -0.25) is 4.79 Å². The summed E-state index contributed by atoms with van der Waals surface area (Å²) in [6.45, 7) is 1.45. The number of hydrogen-bond donors (Lipinski definition) is 2. The zero-order valence-electron chi connectivity index (χ0n) is 10.4. The van der Waals surface area contributed by atoms with E-state index in [9.17, 15) is 19.8 Å². The van der Waals surface area contributed by atoms with Crippen LogP contribution in [0.4, 0.5) is 5.69 Å². The summed E-state index contributed by atoms with van der Waals surface area (Å²) in [5.74, 6) is 0.423. The topological polar surface area (TPSA) is 87.0 Å². The lowest BCUT2D eigenvalue weighted by Crippen LogP contribution is -2.19. The number of isocyanates is 1. The first kappa shape index (κ1) is 15.6. The Kier molecular flexibility index (Phi) is 6.45. The Morgan fingerprint density at radius 3 is 2.74 bits per heavy atom. The number of thioether (sulfide) groups is 1. The molecule has 0 saturated carbocycles. The normalized spacial score (nSPS) is 13.4. The molecule has 102 valence electrons. The molecule has 1 rings (SSSR count). The van der Waals surface area contributed by atoms with Crippen molar-refractivity contribution in [2.24, 2.45) is 4.99 Å². The van der Waals surface area contributed by atoms with Gasteiger partial charge in [-0.2, -0.15) is 4.99 Å². The summed E-state index contributed by atoms with van der Waals surface area (Å²) in [4.78, 5) is 24.5. The standard InChI is InChI=1S/C13H15NO4S/c1-9(16)19-7-6-12(17)13(18)10-4-2-3-5-11(10)14-8-15/h2-5,12-13,17-18H,6-7H2,1H3. The smallest absolute Gasteiger partial charge is 0.240 e. The van der Waals surface area contributed by atoms with Gasteiger partial charge in [0.05, 0.1) is 11.8 Å². The second-order valence-corrected chi connectivity index (χ2v) is 5.17. The summed E-state index contributed by atoms with van der Waals surface area (Å²) >= 11 is 1.09. The van der Waals surface area contributed by atoms with Crippen LogP contribution in [0.5, 0.6) is 0 Å². The minimum Gasteiger partial charge on any atom is -0.390 e. The van der Waals surface area contributed by atoms with Gasteiger partial charge in [0.25, 0.3) is 0 Å². The van der Waals surface area contributed by atoms with E-state index in [0.717, 1.165) is 11.8 Å². The van der Waals surface area contributed by atoms with E-state index < -0.39 is 12.2 Å². The van der Waals surface area contributed by atoms with Gasteiger partial charge in [0.1, 0.15) is 6.10 Å². The molecule has 5 nitrogen and oxygen atoms in total. The first-order chi connectivity index (χ1) is 9.06. The molecule has 0 bridgehead atoms. The van der Waals surface area contributed by atoms with Crippen LogP contribution in [0, 0.1) is 0 Å². The predicted octanol–water partition coefficient (Wildman–Crippen LogP) is 1.72. The van der Waals surface area contributed by atoms with Gasteiger partial charge < -0.3 is 10.2 Å². The third-order valence-electron chi connectivity index (χ3n) is 2.50. The molecule has 19 heavy (non-hydrogen) atoms. The minimum atomic E-state index is -1.15. The van der Waals surface area contributed by atoms with E-state index in [1.807, 2.05) is 0 Å². The maximum absolute atomic E-state index is 10.8. The fourth-order valence-corrected chi connectivity index (χ4v) is 2.22. The van der Waals surface area contributed by atoms with E-state index in [1.165, 1.54) is 13.0 Å². The molecular weight excluding hydrogens is 266 g/mol. The maximum Gasteiger partial charge on any atom is 0.240 e. The van der Waals surface area contributed by atoms with Crippen molar-refractivity contribution in [3.8, 4) is 0 Å². The maximum atomic E-state index is 10.8. The molecule has 0 aliphatic heterocycles. The average molecular weight is 281 g/mol. The van der Waals surface area contributed by atoms with Crippen molar-refractivity contribution in [1.82, 2.24) is 0 Å². The number of aliphatic hydroxyl groups is 2. The molecule has 0 amide bonds. The number of hydrogen-bond acceptors (Lipinski definition) is 6. The van der Waals surface area contributed by atoms with Crippen LogP contribution in [-0.4, -0.2) is 33.3 Å². The molecular formula is C13H15NO4S. The fraction of sp³-hybridized carbons (Fsp3) is 0.385. The molecule has 1 aromatic rings. The molecule has 0 spiro atoms. The van der Waals surface area contributed by atoms with E-state index in [2.05, 4.69) is 4.99 Å². The Labute approximate surface area is 115 Å². The van der Waals surface area contributed by atoms with E-state index in [0.29, 0.717) is 11.3 Å².